The fourth-order valence-corrected chi connectivity index (χ4v) is 4.22. The van der Waals surface area contributed by atoms with Crippen molar-refractivity contribution in [1.29, 1.82) is 0 Å². The summed E-state index contributed by atoms with van der Waals surface area (Å²) in [4.78, 5) is 12.6. The highest BCUT2D eigenvalue weighted by Crippen LogP contribution is 2.48. The van der Waals surface area contributed by atoms with E-state index in [0.717, 1.165) is 18.4 Å². The Morgan fingerprint density at radius 2 is 1.72 bits per heavy atom. The maximum atomic E-state index is 12.6. The van der Waals surface area contributed by atoms with E-state index in [2.05, 4.69) is 10.0 Å². The van der Waals surface area contributed by atoms with Crippen LogP contribution in [0, 0.1) is 0 Å². The first-order valence-electron chi connectivity index (χ1n) is 9.55. The van der Waals surface area contributed by atoms with Gasteiger partial charge in [0.1, 0.15) is 5.75 Å². The minimum atomic E-state index is -3.71. The molecular formula is C21H26N2O5S. The van der Waals surface area contributed by atoms with Gasteiger partial charge in [-0.3, -0.25) is 9.52 Å². The van der Waals surface area contributed by atoms with Crippen molar-refractivity contribution in [3.8, 4) is 5.75 Å². The van der Waals surface area contributed by atoms with E-state index in [1.54, 1.807) is 43.5 Å². The summed E-state index contributed by atoms with van der Waals surface area (Å²) in [6, 6.07) is 13.2. The Balaban J connectivity index is 1.68. The maximum absolute atomic E-state index is 12.6. The van der Waals surface area contributed by atoms with E-state index >= 15 is 0 Å². The van der Waals surface area contributed by atoms with Gasteiger partial charge in [-0.05, 0) is 61.7 Å². The summed E-state index contributed by atoms with van der Waals surface area (Å²) in [5.74, 6) is 0.603. The molecule has 0 saturated heterocycles. The van der Waals surface area contributed by atoms with E-state index < -0.39 is 15.4 Å². The van der Waals surface area contributed by atoms with E-state index in [9.17, 15) is 13.2 Å². The highest BCUT2D eigenvalue weighted by Gasteiger charge is 2.51. The van der Waals surface area contributed by atoms with Crippen molar-refractivity contribution in [3.63, 3.8) is 0 Å². The van der Waals surface area contributed by atoms with Crippen LogP contribution in [0.2, 0.25) is 0 Å². The van der Waals surface area contributed by atoms with Crippen LogP contribution in [0.25, 0.3) is 0 Å². The second-order valence-corrected chi connectivity index (χ2v) is 8.60. The van der Waals surface area contributed by atoms with Crippen LogP contribution in [0.1, 0.15) is 25.3 Å². The second-order valence-electron chi connectivity index (χ2n) is 6.92. The number of sulfonamides is 1. The van der Waals surface area contributed by atoms with Gasteiger partial charge >= 0.3 is 0 Å². The van der Waals surface area contributed by atoms with Crippen molar-refractivity contribution in [3.05, 3.63) is 54.1 Å². The van der Waals surface area contributed by atoms with E-state index in [0.29, 0.717) is 31.2 Å². The van der Waals surface area contributed by atoms with Crippen molar-refractivity contribution < 1.29 is 22.7 Å². The van der Waals surface area contributed by atoms with Gasteiger partial charge in [-0.25, -0.2) is 8.42 Å². The molecule has 0 bridgehead atoms. The molecule has 1 aliphatic carbocycles. The summed E-state index contributed by atoms with van der Waals surface area (Å²) < 4.78 is 38.1. The molecule has 0 unspecified atom stereocenters. The molecule has 156 valence electrons. The van der Waals surface area contributed by atoms with Crippen LogP contribution in [0.3, 0.4) is 0 Å². The van der Waals surface area contributed by atoms with Crippen LogP contribution in [0.5, 0.6) is 5.75 Å². The lowest BCUT2D eigenvalue weighted by Crippen LogP contribution is -2.36. The quantitative estimate of drug-likeness (QED) is 0.579. The molecule has 7 nitrogen and oxygen atoms in total. The fourth-order valence-electron chi connectivity index (χ4n) is 3.16. The normalized spacial score (nSPS) is 14.8. The Hall–Kier alpha value is -2.58. The molecule has 1 saturated carbocycles. The van der Waals surface area contributed by atoms with Gasteiger partial charge < -0.3 is 14.8 Å². The molecule has 0 radical (unpaired) electrons. The van der Waals surface area contributed by atoms with Crippen LogP contribution in [-0.2, 0) is 25.0 Å². The van der Waals surface area contributed by atoms with Crippen molar-refractivity contribution in [2.45, 2.75) is 30.1 Å². The fraction of sp³-hybridized carbons (Fsp3) is 0.381. The Morgan fingerprint density at radius 3 is 2.28 bits per heavy atom. The lowest BCUT2D eigenvalue weighted by Gasteiger charge is -2.16. The topological polar surface area (TPSA) is 93.7 Å². The number of anilines is 1. The molecule has 0 atom stereocenters. The van der Waals surface area contributed by atoms with Crippen molar-refractivity contribution in [2.24, 2.45) is 0 Å². The molecule has 2 aromatic carbocycles. The Labute approximate surface area is 171 Å². The summed E-state index contributed by atoms with van der Waals surface area (Å²) in [6.07, 6.45) is 1.56. The number of amides is 1. The van der Waals surface area contributed by atoms with Gasteiger partial charge in [0.15, 0.2) is 0 Å². The third-order valence-corrected chi connectivity index (χ3v) is 6.31. The standard InChI is InChI=1S/C21H26N2O5S/c1-3-28-18-8-10-19(11-9-18)29(25,26)23-17-6-4-16(5-7-17)21(12-13-21)20(24)22-14-15-27-2/h4-11,23H,3,12-15H2,1-2H3,(H,22,24). The van der Waals surface area contributed by atoms with Crippen LogP contribution < -0.4 is 14.8 Å². The number of hydrogen-bond donors (Lipinski definition) is 2. The van der Waals surface area contributed by atoms with E-state index in [1.807, 2.05) is 6.92 Å². The van der Waals surface area contributed by atoms with Crippen LogP contribution in [0.15, 0.2) is 53.4 Å². The van der Waals surface area contributed by atoms with Gasteiger partial charge in [0.05, 0.1) is 23.5 Å². The molecule has 2 N–H and O–H groups in total. The van der Waals surface area contributed by atoms with E-state index in [1.165, 1.54) is 12.1 Å². The SMILES string of the molecule is CCOc1ccc(S(=O)(=O)Nc2ccc(C3(C(=O)NCCOC)CC3)cc2)cc1. The van der Waals surface area contributed by atoms with Gasteiger partial charge in [0, 0.05) is 19.3 Å². The molecule has 1 aliphatic rings. The predicted molar refractivity (Wildman–Crippen MR) is 111 cm³/mol. The lowest BCUT2D eigenvalue weighted by molar-refractivity contribution is -0.123. The average Bonchev–Trinajstić information content (AvgIpc) is 3.51. The number of benzene rings is 2. The number of rotatable bonds is 10. The number of carbonyl (C=O) groups excluding carboxylic acids is 1. The first-order valence-corrected chi connectivity index (χ1v) is 11.0. The van der Waals surface area contributed by atoms with Gasteiger partial charge in [-0.2, -0.15) is 0 Å². The lowest BCUT2D eigenvalue weighted by atomic mass is 9.95. The van der Waals surface area contributed by atoms with Gasteiger partial charge in [0.25, 0.3) is 10.0 Å². The second kappa shape index (κ2) is 8.84. The molecule has 0 heterocycles. The first kappa shape index (κ1) is 21.1. The number of ether oxygens (including phenoxy) is 2. The summed E-state index contributed by atoms with van der Waals surface area (Å²) in [6.45, 7) is 3.32. The van der Waals surface area contributed by atoms with Crippen molar-refractivity contribution in [2.75, 3.05) is 31.6 Å². The number of hydrogen-bond acceptors (Lipinski definition) is 5. The summed E-state index contributed by atoms with van der Waals surface area (Å²) in [5, 5.41) is 2.89. The number of carbonyl (C=O) groups is 1. The summed E-state index contributed by atoms with van der Waals surface area (Å²) in [5.41, 5.74) is 0.815. The minimum absolute atomic E-state index is 0.0164. The third-order valence-electron chi connectivity index (χ3n) is 4.91. The Kier molecular flexibility index (Phi) is 6.44. The summed E-state index contributed by atoms with van der Waals surface area (Å²) >= 11 is 0. The van der Waals surface area contributed by atoms with Gasteiger partial charge in [0.2, 0.25) is 5.91 Å². The number of nitrogens with one attached hydrogen (secondary N) is 2. The molecule has 8 heteroatoms. The van der Waals surface area contributed by atoms with E-state index in [4.69, 9.17) is 9.47 Å². The summed E-state index contributed by atoms with van der Waals surface area (Å²) in [7, 11) is -2.12. The number of methoxy groups -OCH3 is 1. The molecule has 0 aromatic heterocycles. The minimum Gasteiger partial charge on any atom is -0.494 e. The smallest absolute Gasteiger partial charge is 0.261 e. The third kappa shape index (κ3) is 4.89. The molecule has 3 rings (SSSR count). The van der Waals surface area contributed by atoms with E-state index in [-0.39, 0.29) is 10.8 Å². The molecule has 1 amide bonds. The first-order chi connectivity index (χ1) is 13.9. The molecule has 1 fully saturated rings. The monoisotopic (exact) mass is 418 g/mol. The van der Waals surface area contributed by atoms with Gasteiger partial charge in [-0.1, -0.05) is 12.1 Å². The van der Waals surface area contributed by atoms with Gasteiger partial charge in [-0.15, -0.1) is 0 Å². The largest absolute Gasteiger partial charge is 0.494 e. The highest BCUT2D eigenvalue weighted by atomic mass is 32.2. The zero-order valence-corrected chi connectivity index (χ0v) is 17.4. The zero-order valence-electron chi connectivity index (χ0n) is 16.6. The van der Waals surface area contributed by atoms with Crippen molar-refractivity contribution in [1.82, 2.24) is 5.32 Å². The Bertz CT molecular complexity index is 936. The highest BCUT2D eigenvalue weighted by molar-refractivity contribution is 7.92. The zero-order chi connectivity index (χ0) is 20.9. The van der Waals surface area contributed by atoms with Crippen LogP contribution in [-0.4, -0.2) is 41.2 Å². The van der Waals surface area contributed by atoms with Crippen LogP contribution >= 0.6 is 0 Å². The average molecular weight is 419 g/mol. The predicted octanol–water partition coefficient (Wildman–Crippen LogP) is 2.68. The Morgan fingerprint density at radius 1 is 1.07 bits per heavy atom. The van der Waals surface area contributed by atoms with Crippen LogP contribution in [0.4, 0.5) is 5.69 Å². The molecular weight excluding hydrogens is 392 g/mol. The molecule has 0 aliphatic heterocycles. The molecule has 0 spiro atoms. The molecule has 29 heavy (non-hydrogen) atoms. The maximum Gasteiger partial charge on any atom is 0.261 e. The molecule has 2 aromatic rings. The van der Waals surface area contributed by atoms with Crippen molar-refractivity contribution >= 4 is 21.6 Å².